The fourth-order valence-electron chi connectivity index (χ4n) is 4.87. The third-order valence-corrected chi connectivity index (χ3v) is 7.03. The summed E-state index contributed by atoms with van der Waals surface area (Å²) in [5, 5.41) is 2.85. The predicted molar refractivity (Wildman–Crippen MR) is 153 cm³/mol. The van der Waals surface area contributed by atoms with Gasteiger partial charge in [0.25, 0.3) is 0 Å². The summed E-state index contributed by atoms with van der Waals surface area (Å²) in [5.74, 6) is -0.0912. The van der Waals surface area contributed by atoms with Crippen molar-refractivity contribution in [3.05, 3.63) is 88.0 Å². The van der Waals surface area contributed by atoms with Crippen molar-refractivity contribution in [2.45, 2.75) is 27.7 Å². The number of benzene rings is 1. The van der Waals surface area contributed by atoms with Crippen LogP contribution in [-0.2, 0) is 4.79 Å². The number of aromatic nitrogens is 4. The summed E-state index contributed by atoms with van der Waals surface area (Å²) in [6.45, 7) is 7.76. The van der Waals surface area contributed by atoms with Gasteiger partial charge in [-0.2, -0.15) is 0 Å². The molecule has 1 aromatic carbocycles. The Bertz CT molecular complexity index is 1700. The first kappa shape index (κ1) is 22.7. The highest BCUT2D eigenvalue weighted by Crippen LogP contribution is 2.31. The number of amides is 1. The Hall–Kier alpha value is -4.71. The summed E-state index contributed by atoms with van der Waals surface area (Å²) >= 11 is 0. The molecule has 0 spiro atoms. The highest BCUT2D eigenvalue weighted by molar-refractivity contribution is 5.95. The van der Waals surface area contributed by atoms with Gasteiger partial charge in [0.15, 0.2) is 0 Å². The second kappa shape index (κ2) is 8.75. The monoisotopic (exact) mass is 485 g/mol. The van der Waals surface area contributed by atoms with Gasteiger partial charge in [0, 0.05) is 45.8 Å². The second-order valence-electron chi connectivity index (χ2n) is 9.51. The van der Waals surface area contributed by atoms with Gasteiger partial charge in [-0.1, -0.05) is 12.1 Å². The lowest BCUT2D eigenvalue weighted by atomic mass is 10.0. The first-order chi connectivity index (χ1) is 17.9. The fraction of sp³-hybridized carbons (Fsp3) is 0.129. The van der Waals surface area contributed by atoms with Crippen molar-refractivity contribution in [3.8, 4) is 11.1 Å². The molecular formula is C31H27N5O. The lowest BCUT2D eigenvalue weighted by molar-refractivity contribution is -0.114. The minimum Gasteiger partial charge on any atom is -0.355 e. The molecule has 1 amide bonds. The molecule has 0 fully saturated rings. The molecule has 0 saturated heterocycles. The van der Waals surface area contributed by atoms with Crippen molar-refractivity contribution in [2.75, 3.05) is 5.32 Å². The SMILES string of the molecule is CC(=O)Nc1ccc(-c2c3ccc([nH]3)c(C)c3nc(c(C)c4nc(c(C)c5ccc2[nH]5)C=C4)C=C3)cc1. The van der Waals surface area contributed by atoms with Crippen LogP contribution in [0.25, 0.3) is 57.5 Å². The maximum atomic E-state index is 11.5. The Morgan fingerprint density at radius 1 is 0.622 bits per heavy atom. The highest BCUT2D eigenvalue weighted by atomic mass is 16.1. The summed E-state index contributed by atoms with van der Waals surface area (Å²) in [7, 11) is 0. The van der Waals surface area contributed by atoms with E-state index in [-0.39, 0.29) is 5.91 Å². The van der Waals surface area contributed by atoms with Crippen LogP contribution in [0.4, 0.5) is 5.69 Å². The van der Waals surface area contributed by atoms with Crippen molar-refractivity contribution < 1.29 is 4.79 Å². The summed E-state index contributed by atoms with van der Waals surface area (Å²) in [6.07, 6.45) is 8.25. The predicted octanol–water partition coefficient (Wildman–Crippen LogP) is 7.21. The zero-order chi connectivity index (χ0) is 25.7. The zero-order valence-corrected chi connectivity index (χ0v) is 21.2. The van der Waals surface area contributed by atoms with Crippen molar-refractivity contribution in [1.82, 2.24) is 19.9 Å². The normalized spacial score (nSPS) is 12.2. The Morgan fingerprint density at radius 2 is 1.05 bits per heavy atom. The van der Waals surface area contributed by atoms with E-state index in [0.717, 1.165) is 78.3 Å². The van der Waals surface area contributed by atoms with Gasteiger partial charge in [0.05, 0.1) is 22.8 Å². The minimum absolute atomic E-state index is 0.0912. The maximum absolute atomic E-state index is 11.5. The Balaban J connectivity index is 1.70. The van der Waals surface area contributed by atoms with Gasteiger partial charge in [-0.25, -0.2) is 9.97 Å². The van der Waals surface area contributed by atoms with Crippen molar-refractivity contribution in [3.63, 3.8) is 0 Å². The van der Waals surface area contributed by atoms with Crippen LogP contribution in [0, 0.1) is 20.8 Å². The lowest BCUT2D eigenvalue weighted by Crippen LogP contribution is -2.05. The largest absolute Gasteiger partial charge is 0.355 e. The summed E-state index contributed by atoms with van der Waals surface area (Å²) in [5.41, 5.74) is 13.8. The van der Waals surface area contributed by atoms with Crippen LogP contribution < -0.4 is 5.32 Å². The molecule has 2 aliphatic heterocycles. The summed E-state index contributed by atoms with van der Waals surface area (Å²) < 4.78 is 0. The van der Waals surface area contributed by atoms with Crippen LogP contribution in [0.15, 0.2) is 48.5 Å². The molecule has 5 heterocycles. The van der Waals surface area contributed by atoms with E-state index >= 15 is 0 Å². The summed E-state index contributed by atoms with van der Waals surface area (Å²) in [6, 6.07) is 16.3. The molecule has 6 rings (SSSR count). The van der Waals surface area contributed by atoms with Gasteiger partial charge in [0.1, 0.15) is 0 Å². The van der Waals surface area contributed by atoms with Gasteiger partial charge in [-0.05, 0) is 98.2 Å². The minimum atomic E-state index is -0.0912. The van der Waals surface area contributed by atoms with Crippen LogP contribution in [-0.4, -0.2) is 25.8 Å². The Labute approximate surface area is 214 Å². The van der Waals surface area contributed by atoms with Crippen LogP contribution in [0.3, 0.4) is 0 Å². The number of hydrogen-bond acceptors (Lipinski definition) is 3. The van der Waals surface area contributed by atoms with Crippen LogP contribution in [0.1, 0.15) is 46.4 Å². The number of fused-ring (bicyclic) bond motifs is 8. The van der Waals surface area contributed by atoms with Gasteiger partial charge in [0.2, 0.25) is 5.91 Å². The number of carbonyl (C=O) groups excluding carboxylic acids is 1. The lowest BCUT2D eigenvalue weighted by Gasteiger charge is -2.06. The van der Waals surface area contributed by atoms with E-state index in [0.29, 0.717) is 0 Å². The molecule has 0 saturated carbocycles. The van der Waals surface area contributed by atoms with Crippen molar-refractivity contribution >= 4 is 58.0 Å². The third-order valence-electron chi connectivity index (χ3n) is 7.03. The molecule has 0 aliphatic carbocycles. The van der Waals surface area contributed by atoms with E-state index in [2.05, 4.69) is 84.6 Å². The molecule has 0 unspecified atom stereocenters. The molecule has 37 heavy (non-hydrogen) atoms. The number of carbonyl (C=O) groups is 1. The number of rotatable bonds is 2. The molecule has 182 valence electrons. The molecule has 2 aliphatic rings. The van der Waals surface area contributed by atoms with Gasteiger partial charge < -0.3 is 15.3 Å². The fourth-order valence-corrected chi connectivity index (χ4v) is 4.87. The summed E-state index contributed by atoms with van der Waals surface area (Å²) in [4.78, 5) is 28.6. The highest BCUT2D eigenvalue weighted by Gasteiger charge is 2.13. The number of nitrogens with zero attached hydrogens (tertiary/aromatic N) is 2. The van der Waals surface area contributed by atoms with Crippen molar-refractivity contribution in [2.24, 2.45) is 0 Å². The van der Waals surface area contributed by atoms with Crippen LogP contribution in [0.5, 0.6) is 0 Å². The van der Waals surface area contributed by atoms with Gasteiger partial charge in [-0.15, -0.1) is 0 Å². The van der Waals surface area contributed by atoms with E-state index in [9.17, 15) is 4.79 Å². The number of H-pyrrole nitrogens is 2. The van der Waals surface area contributed by atoms with Crippen LogP contribution >= 0.6 is 0 Å². The molecular weight excluding hydrogens is 458 g/mol. The van der Waals surface area contributed by atoms with Gasteiger partial charge >= 0.3 is 0 Å². The Kier molecular flexibility index (Phi) is 5.37. The molecule has 0 atom stereocenters. The number of anilines is 1. The molecule has 3 N–H and O–H groups in total. The Morgan fingerprint density at radius 3 is 1.51 bits per heavy atom. The van der Waals surface area contributed by atoms with Gasteiger partial charge in [-0.3, -0.25) is 4.79 Å². The molecule has 0 radical (unpaired) electrons. The average molecular weight is 486 g/mol. The molecule has 3 aromatic heterocycles. The van der Waals surface area contributed by atoms with E-state index in [1.165, 1.54) is 6.92 Å². The quantitative estimate of drug-likeness (QED) is 0.242. The second-order valence-corrected chi connectivity index (χ2v) is 9.51. The first-order valence-electron chi connectivity index (χ1n) is 12.3. The molecule has 6 nitrogen and oxygen atoms in total. The zero-order valence-electron chi connectivity index (χ0n) is 21.2. The number of nitrogens with one attached hydrogen (secondary N) is 3. The third kappa shape index (κ3) is 4.06. The number of aryl methyl sites for hydroxylation is 2. The average Bonchev–Trinajstić information content (AvgIpc) is 3.70. The van der Waals surface area contributed by atoms with Crippen molar-refractivity contribution in [1.29, 1.82) is 0 Å². The number of aromatic amines is 2. The first-order valence-corrected chi connectivity index (χ1v) is 12.3. The molecule has 8 bridgehead atoms. The van der Waals surface area contributed by atoms with E-state index in [4.69, 9.17) is 9.97 Å². The maximum Gasteiger partial charge on any atom is 0.221 e. The standard InChI is InChI=1S/C31H27N5O/c1-17-23-9-11-25(33-23)18(2)27-13-15-29(35-27)31(21-5-7-22(8-6-21)32-20(4)37)30-16-14-28(36-30)19(3)26-12-10-24(17)34-26/h5-16,35-36H,1-4H3,(H,32,37). The van der Waals surface area contributed by atoms with E-state index in [1.54, 1.807) is 0 Å². The molecule has 4 aromatic rings. The topological polar surface area (TPSA) is 86.5 Å². The van der Waals surface area contributed by atoms with E-state index in [1.807, 2.05) is 24.3 Å². The number of hydrogen-bond donors (Lipinski definition) is 3. The molecule has 6 heteroatoms. The van der Waals surface area contributed by atoms with Crippen LogP contribution in [0.2, 0.25) is 0 Å². The van der Waals surface area contributed by atoms with E-state index < -0.39 is 0 Å². The smallest absolute Gasteiger partial charge is 0.221 e.